The van der Waals surface area contributed by atoms with Gasteiger partial charge >= 0.3 is 0 Å². The quantitative estimate of drug-likeness (QED) is 0.757. The molecule has 66 valence electrons. The lowest BCUT2D eigenvalue weighted by Gasteiger charge is -2.01. The summed E-state index contributed by atoms with van der Waals surface area (Å²) in [5.41, 5.74) is 0. The van der Waals surface area contributed by atoms with Crippen LogP contribution in [0.15, 0.2) is 41.1 Å². The smallest absolute Gasteiger partial charge is 0.138 e. The predicted octanol–water partition coefficient (Wildman–Crippen LogP) is 4.15. The van der Waals surface area contributed by atoms with Gasteiger partial charge in [0.1, 0.15) is 11.5 Å². The van der Waals surface area contributed by atoms with E-state index >= 15 is 0 Å². The van der Waals surface area contributed by atoms with Crippen LogP contribution in [0.5, 0.6) is 11.5 Å². The molecule has 0 amide bonds. The number of ether oxygens (including phenoxy) is 1. The highest BCUT2D eigenvalue weighted by molar-refractivity contribution is 14.1. The van der Waals surface area contributed by atoms with Gasteiger partial charge in [0.2, 0.25) is 0 Å². The average molecular weight is 302 g/mol. The fourth-order valence-corrected chi connectivity index (χ4v) is 1.86. The van der Waals surface area contributed by atoms with Crippen molar-refractivity contribution in [3.05, 3.63) is 44.7 Å². The zero-order valence-corrected chi connectivity index (χ0v) is 9.71. The second-order valence-corrected chi connectivity index (χ2v) is 4.54. The molecular formula is C10H7IOS. The summed E-state index contributed by atoms with van der Waals surface area (Å²) in [6.07, 6.45) is 0. The van der Waals surface area contributed by atoms with Crippen molar-refractivity contribution in [1.29, 1.82) is 0 Å². The maximum Gasteiger partial charge on any atom is 0.138 e. The Labute approximate surface area is 94.5 Å². The van der Waals surface area contributed by atoms with Crippen LogP contribution in [0.2, 0.25) is 0 Å². The molecule has 0 fully saturated rings. The average Bonchev–Trinajstić information content (AvgIpc) is 2.62. The Hall–Kier alpha value is -0.550. The molecule has 1 aromatic carbocycles. The van der Waals surface area contributed by atoms with E-state index in [0.717, 1.165) is 11.5 Å². The molecule has 2 rings (SSSR count). The summed E-state index contributed by atoms with van der Waals surface area (Å²) in [5, 5.41) is 3.99. The van der Waals surface area contributed by atoms with Crippen LogP contribution in [0, 0.1) is 3.57 Å². The highest BCUT2D eigenvalue weighted by Gasteiger charge is 1.95. The number of hydrogen-bond acceptors (Lipinski definition) is 2. The van der Waals surface area contributed by atoms with E-state index in [-0.39, 0.29) is 0 Å². The molecule has 0 spiro atoms. The maximum atomic E-state index is 5.58. The molecule has 1 aromatic heterocycles. The summed E-state index contributed by atoms with van der Waals surface area (Å²) < 4.78 is 6.80. The summed E-state index contributed by atoms with van der Waals surface area (Å²) in [7, 11) is 0. The van der Waals surface area contributed by atoms with Crippen molar-refractivity contribution in [2.75, 3.05) is 0 Å². The van der Waals surface area contributed by atoms with Crippen molar-refractivity contribution < 1.29 is 4.74 Å². The van der Waals surface area contributed by atoms with Crippen LogP contribution in [0.4, 0.5) is 0 Å². The largest absolute Gasteiger partial charge is 0.457 e. The third-order valence-electron chi connectivity index (χ3n) is 1.54. The molecule has 1 heterocycles. The van der Waals surface area contributed by atoms with Gasteiger partial charge in [0.05, 0.1) is 0 Å². The van der Waals surface area contributed by atoms with Crippen LogP contribution < -0.4 is 4.74 Å². The lowest BCUT2D eigenvalue weighted by atomic mass is 10.3. The van der Waals surface area contributed by atoms with E-state index in [1.165, 1.54) is 3.57 Å². The van der Waals surface area contributed by atoms with Crippen LogP contribution in [0.3, 0.4) is 0 Å². The number of rotatable bonds is 2. The van der Waals surface area contributed by atoms with Gasteiger partial charge in [0.25, 0.3) is 0 Å². The number of halogens is 1. The third kappa shape index (κ3) is 2.45. The Balaban J connectivity index is 2.15. The second-order valence-electron chi connectivity index (χ2n) is 2.52. The van der Waals surface area contributed by atoms with E-state index < -0.39 is 0 Å². The SMILES string of the molecule is Ic1ccc(Oc2ccsc2)cc1. The first-order chi connectivity index (χ1) is 6.34. The molecular weight excluding hydrogens is 295 g/mol. The van der Waals surface area contributed by atoms with Crippen LogP contribution in [0.1, 0.15) is 0 Å². The van der Waals surface area contributed by atoms with E-state index in [4.69, 9.17) is 4.74 Å². The van der Waals surface area contributed by atoms with Crippen molar-refractivity contribution in [3.8, 4) is 11.5 Å². The van der Waals surface area contributed by atoms with Gasteiger partial charge in [-0.25, -0.2) is 0 Å². The first-order valence-electron chi connectivity index (χ1n) is 3.80. The lowest BCUT2D eigenvalue weighted by Crippen LogP contribution is -1.80. The lowest BCUT2D eigenvalue weighted by molar-refractivity contribution is 0.485. The molecule has 0 radical (unpaired) electrons. The normalized spacial score (nSPS) is 9.92. The molecule has 13 heavy (non-hydrogen) atoms. The minimum absolute atomic E-state index is 0.888. The van der Waals surface area contributed by atoms with Crippen molar-refractivity contribution in [2.24, 2.45) is 0 Å². The molecule has 0 saturated carbocycles. The molecule has 0 atom stereocenters. The summed E-state index contributed by atoms with van der Waals surface area (Å²) in [6.45, 7) is 0. The summed E-state index contributed by atoms with van der Waals surface area (Å²) in [5.74, 6) is 1.80. The maximum absolute atomic E-state index is 5.58. The highest BCUT2D eigenvalue weighted by atomic mass is 127. The molecule has 0 bridgehead atoms. The Kier molecular flexibility index (Phi) is 2.85. The van der Waals surface area contributed by atoms with Crippen LogP contribution in [-0.2, 0) is 0 Å². The number of benzene rings is 1. The zero-order valence-electron chi connectivity index (χ0n) is 6.74. The molecule has 3 heteroatoms. The molecule has 0 aliphatic rings. The van der Waals surface area contributed by atoms with Crippen molar-refractivity contribution in [2.45, 2.75) is 0 Å². The van der Waals surface area contributed by atoms with Crippen LogP contribution >= 0.6 is 33.9 Å². The highest BCUT2D eigenvalue weighted by Crippen LogP contribution is 2.23. The first kappa shape index (κ1) is 9.02. The Morgan fingerprint density at radius 1 is 1.00 bits per heavy atom. The predicted molar refractivity (Wildman–Crippen MR) is 63.6 cm³/mol. The summed E-state index contributed by atoms with van der Waals surface area (Å²) in [6, 6.07) is 9.96. The minimum Gasteiger partial charge on any atom is -0.457 e. The van der Waals surface area contributed by atoms with Crippen LogP contribution in [-0.4, -0.2) is 0 Å². The number of thiophene rings is 1. The van der Waals surface area contributed by atoms with Gasteiger partial charge in [-0.2, -0.15) is 0 Å². The molecule has 1 nitrogen and oxygen atoms in total. The topological polar surface area (TPSA) is 9.23 Å². The molecule has 0 aliphatic carbocycles. The van der Waals surface area contributed by atoms with E-state index in [2.05, 4.69) is 22.6 Å². The van der Waals surface area contributed by atoms with E-state index in [0.29, 0.717) is 0 Å². The van der Waals surface area contributed by atoms with Gasteiger partial charge in [0.15, 0.2) is 0 Å². The molecule has 0 N–H and O–H groups in total. The fraction of sp³-hybridized carbons (Fsp3) is 0. The van der Waals surface area contributed by atoms with Gasteiger partial charge in [-0.1, -0.05) is 0 Å². The monoisotopic (exact) mass is 302 g/mol. The van der Waals surface area contributed by atoms with Gasteiger partial charge < -0.3 is 4.74 Å². The minimum atomic E-state index is 0.888. The zero-order chi connectivity index (χ0) is 9.10. The van der Waals surface area contributed by atoms with Crippen molar-refractivity contribution in [1.82, 2.24) is 0 Å². The Bertz CT molecular complexity index is 366. The standard InChI is InChI=1S/C10H7IOS/c11-8-1-3-9(4-2-8)12-10-5-6-13-7-10/h1-7H. The second kappa shape index (κ2) is 4.11. The number of hydrogen-bond donors (Lipinski definition) is 0. The van der Waals surface area contributed by atoms with Crippen molar-refractivity contribution in [3.63, 3.8) is 0 Å². The summed E-state index contributed by atoms with van der Waals surface area (Å²) >= 11 is 3.91. The molecule has 0 aliphatic heterocycles. The summed E-state index contributed by atoms with van der Waals surface area (Å²) in [4.78, 5) is 0. The van der Waals surface area contributed by atoms with E-state index in [1.54, 1.807) is 11.3 Å². The molecule has 2 aromatic rings. The van der Waals surface area contributed by atoms with Gasteiger partial charge in [-0.3, -0.25) is 0 Å². The van der Waals surface area contributed by atoms with Gasteiger partial charge in [-0.15, -0.1) is 11.3 Å². The van der Waals surface area contributed by atoms with E-state index in [1.807, 2.05) is 41.1 Å². The molecule has 0 unspecified atom stereocenters. The first-order valence-corrected chi connectivity index (χ1v) is 5.82. The fourth-order valence-electron chi connectivity index (χ4n) is 0.949. The van der Waals surface area contributed by atoms with Gasteiger partial charge in [0, 0.05) is 8.95 Å². The third-order valence-corrected chi connectivity index (χ3v) is 2.93. The van der Waals surface area contributed by atoms with E-state index in [9.17, 15) is 0 Å². The van der Waals surface area contributed by atoms with Crippen molar-refractivity contribution >= 4 is 33.9 Å². The Morgan fingerprint density at radius 3 is 2.38 bits per heavy atom. The Morgan fingerprint density at radius 2 is 1.77 bits per heavy atom. The van der Waals surface area contributed by atoms with Crippen LogP contribution in [0.25, 0.3) is 0 Å². The van der Waals surface area contributed by atoms with Gasteiger partial charge in [-0.05, 0) is 58.3 Å². The molecule has 0 saturated heterocycles.